The predicted octanol–water partition coefficient (Wildman–Crippen LogP) is 2.72. The van der Waals surface area contributed by atoms with Gasteiger partial charge in [-0.2, -0.15) is 4.98 Å². The summed E-state index contributed by atoms with van der Waals surface area (Å²) in [4.78, 5) is 54.7. The number of carbonyl (C=O) groups excluding carboxylic acids is 3. The van der Waals surface area contributed by atoms with Crippen LogP contribution in [0.2, 0.25) is 0 Å². The van der Waals surface area contributed by atoms with Crippen LogP contribution >= 0.6 is 0 Å². The van der Waals surface area contributed by atoms with Crippen LogP contribution in [0.1, 0.15) is 38.8 Å². The van der Waals surface area contributed by atoms with E-state index >= 15 is 0 Å². The van der Waals surface area contributed by atoms with E-state index in [0.717, 1.165) is 5.56 Å². The third kappa shape index (κ3) is 6.33. The zero-order valence-corrected chi connectivity index (χ0v) is 19.5. The molecule has 0 unspecified atom stereocenters. The highest BCUT2D eigenvalue weighted by Gasteiger charge is 2.43. The Labute approximate surface area is 196 Å². The van der Waals surface area contributed by atoms with E-state index in [9.17, 15) is 19.2 Å². The van der Waals surface area contributed by atoms with Crippen LogP contribution in [0.25, 0.3) is 0 Å². The third-order valence-corrected chi connectivity index (χ3v) is 5.05. The number of rotatable bonds is 5. The van der Waals surface area contributed by atoms with E-state index in [-0.39, 0.29) is 25.4 Å². The van der Waals surface area contributed by atoms with E-state index < -0.39 is 41.5 Å². The van der Waals surface area contributed by atoms with Crippen molar-refractivity contribution >= 4 is 24.0 Å². The quantitative estimate of drug-likeness (QED) is 0.519. The van der Waals surface area contributed by atoms with Gasteiger partial charge in [0, 0.05) is 19.2 Å². The summed E-state index contributed by atoms with van der Waals surface area (Å²) in [6, 6.07) is 9.15. The van der Waals surface area contributed by atoms with Crippen LogP contribution in [0, 0.1) is 0 Å². The van der Waals surface area contributed by atoms with E-state index in [2.05, 4.69) is 10.3 Å². The second-order valence-electron chi connectivity index (χ2n) is 8.75. The minimum absolute atomic E-state index is 0.0193. The number of methoxy groups -OCH3 is 1. The van der Waals surface area contributed by atoms with Gasteiger partial charge in [0.05, 0.1) is 13.2 Å². The van der Waals surface area contributed by atoms with Crippen LogP contribution in [0.3, 0.4) is 0 Å². The Kier molecular flexibility index (Phi) is 7.54. The number of amides is 2. The Balaban J connectivity index is 1.68. The summed E-state index contributed by atoms with van der Waals surface area (Å²) in [6.45, 7) is 5.28. The van der Waals surface area contributed by atoms with Gasteiger partial charge in [-0.15, -0.1) is 0 Å². The smallest absolute Gasteiger partial charge is 0.413 e. The van der Waals surface area contributed by atoms with Crippen LogP contribution in [0.5, 0.6) is 0 Å². The van der Waals surface area contributed by atoms with Gasteiger partial charge in [0.25, 0.3) is 0 Å². The molecule has 1 aromatic carbocycles. The lowest BCUT2D eigenvalue weighted by atomic mass is 10.1. The molecule has 182 valence electrons. The molecule has 0 saturated carbocycles. The Morgan fingerprint density at radius 2 is 1.85 bits per heavy atom. The van der Waals surface area contributed by atoms with Gasteiger partial charge in [0.1, 0.15) is 24.1 Å². The summed E-state index contributed by atoms with van der Waals surface area (Å²) in [5, 5.41) is 2.42. The minimum atomic E-state index is -0.900. The molecule has 0 aliphatic carbocycles. The number of carbonyl (C=O) groups is 3. The maximum Gasteiger partial charge on any atom is 0.413 e. The minimum Gasteiger partial charge on any atom is -0.467 e. The number of likely N-dealkylation sites (tertiary alicyclic amines) is 1. The number of anilines is 1. The highest BCUT2D eigenvalue weighted by molar-refractivity contribution is 5.83. The molecule has 2 atom stereocenters. The number of hydrogen-bond donors (Lipinski definition) is 1. The maximum absolute atomic E-state index is 12.6. The van der Waals surface area contributed by atoms with Crippen LogP contribution in [-0.4, -0.2) is 57.9 Å². The van der Waals surface area contributed by atoms with Crippen molar-refractivity contribution in [1.82, 2.24) is 14.5 Å². The van der Waals surface area contributed by atoms with Gasteiger partial charge < -0.3 is 14.2 Å². The van der Waals surface area contributed by atoms with E-state index in [4.69, 9.17) is 14.2 Å². The first-order valence-electron chi connectivity index (χ1n) is 10.7. The summed E-state index contributed by atoms with van der Waals surface area (Å²) in [5.41, 5.74) is -0.589. The summed E-state index contributed by atoms with van der Waals surface area (Å²) < 4.78 is 16.7. The summed E-state index contributed by atoms with van der Waals surface area (Å²) in [5.74, 6) is -0.584. The fraction of sp³-hybridized carbons (Fsp3) is 0.435. The van der Waals surface area contributed by atoms with Gasteiger partial charge >= 0.3 is 23.8 Å². The van der Waals surface area contributed by atoms with Gasteiger partial charge in [0.2, 0.25) is 0 Å². The SMILES string of the molecule is COC(=O)[C@@H]1C[C@H](n2ccc(NC(=O)OCc3ccccc3)nc2=O)CN1C(=O)OC(C)(C)C. The van der Waals surface area contributed by atoms with Crippen molar-refractivity contribution in [2.45, 2.75) is 51.5 Å². The standard InChI is InChI=1S/C23H28N4O7/c1-23(2,3)34-22(31)27-13-16(12-17(27)19(28)32-4)26-11-10-18(24-20(26)29)25-21(30)33-14-15-8-6-5-7-9-15/h5-11,16-17H,12-14H2,1-4H3,(H,24,25,29,30)/t16-,17-/m0/s1. The largest absolute Gasteiger partial charge is 0.467 e. The average molecular weight is 472 g/mol. The number of benzene rings is 1. The van der Waals surface area contributed by atoms with E-state index in [0.29, 0.717) is 0 Å². The molecule has 1 fully saturated rings. The molecule has 1 aliphatic rings. The van der Waals surface area contributed by atoms with Gasteiger partial charge in [-0.3, -0.25) is 14.8 Å². The van der Waals surface area contributed by atoms with Crippen molar-refractivity contribution in [3.05, 3.63) is 58.6 Å². The summed E-state index contributed by atoms with van der Waals surface area (Å²) >= 11 is 0. The Bertz CT molecular complexity index is 1090. The molecule has 0 spiro atoms. The summed E-state index contributed by atoms with van der Waals surface area (Å²) in [6.07, 6.45) is 0.168. The molecule has 1 N–H and O–H groups in total. The van der Waals surface area contributed by atoms with Gasteiger partial charge in [0.15, 0.2) is 0 Å². The molecule has 1 aliphatic heterocycles. The molecule has 2 aromatic rings. The predicted molar refractivity (Wildman–Crippen MR) is 121 cm³/mol. The van der Waals surface area contributed by atoms with Crippen molar-refractivity contribution in [3.8, 4) is 0 Å². The van der Waals surface area contributed by atoms with Crippen LogP contribution in [0.15, 0.2) is 47.4 Å². The molecule has 1 saturated heterocycles. The van der Waals surface area contributed by atoms with Crippen molar-refractivity contribution < 1.29 is 28.6 Å². The molecule has 11 nitrogen and oxygen atoms in total. The Morgan fingerprint density at radius 1 is 1.15 bits per heavy atom. The first kappa shape index (κ1) is 24.7. The lowest BCUT2D eigenvalue weighted by Crippen LogP contribution is -2.44. The lowest BCUT2D eigenvalue weighted by Gasteiger charge is -2.27. The van der Waals surface area contributed by atoms with E-state index in [1.807, 2.05) is 30.3 Å². The number of ether oxygens (including phenoxy) is 3. The van der Waals surface area contributed by atoms with Crippen LogP contribution in [0.4, 0.5) is 15.4 Å². The molecule has 2 heterocycles. The molecule has 0 bridgehead atoms. The highest BCUT2D eigenvalue weighted by atomic mass is 16.6. The molecule has 3 rings (SSSR count). The molecule has 0 radical (unpaired) electrons. The van der Waals surface area contributed by atoms with E-state index in [1.54, 1.807) is 20.8 Å². The van der Waals surface area contributed by atoms with Gasteiger partial charge in [-0.05, 0) is 32.4 Å². The normalized spacial score (nSPS) is 17.7. The van der Waals surface area contributed by atoms with E-state index in [1.165, 1.54) is 28.8 Å². The zero-order chi connectivity index (χ0) is 24.9. The highest BCUT2D eigenvalue weighted by Crippen LogP contribution is 2.29. The van der Waals surface area contributed by atoms with Crippen molar-refractivity contribution in [3.63, 3.8) is 0 Å². The first-order valence-corrected chi connectivity index (χ1v) is 10.7. The number of aromatic nitrogens is 2. The van der Waals surface area contributed by atoms with Crippen LogP contribution < -0.4 is 11.0 Å². The molecule has 1 aromatic heterocycles. The molecule has 11 heteroatoms. The number of esters is 1. The zero-order valence-electron chi connectivity index (χ0n) is 19.5. The van der Waals surface area contributed by atoms with Crippen molar-refractivity contribution in [2.75, 3.05) is 19.0 Å². The lowest BCUT2D eigenvalue weighted by molar-refractivity contribution is -0.145. The molecular weight excluding hydrogens is 444 g/mol. The molecular formula is C23H28N4O7. The fourth-order valence-electron chi connectivity index (χ4n) is 3.52. The monoisotopic (exact) mass is 472 g/mol. The number of nitrogens with one attached hydrogen (secondary N) is 1. The molecule has 2 amide bonds. The summed E-state index contributed by atoms with van der Waals surface area (Å²) in [7, 11) is 1.23. The van der Waals surface area contributed by atoms with Gasteiger partial charge in [-0.1, -0.05) is 30.3 Å². The second kappa shape index (κ2) is 10.4. The van der Waals surface area contributed by atoms with Crippen LogP contribution in [-0.2, 0) is 25.6 Å². The second-order valence-corrected chi connectivity index (χ2v) is 8.75. The Morgan fingerprint density at radius 3 is 2.47 bits per heavy atom. The Hall–Kier alpha value is -3.89. The number of nitrogens with zero attached hydrogens (tertiary/aromatic N) is 3. The molecule has 34 heavy (non-hydrogen) atoms. The van der Waals surface area contributed by atoms with Crippen molar-refractivity contribution in [1.29, 1.82) is 0 Å². The first-order chi connectivity index (χ1) is 16.1. The average Bonchev–Trinajstić information content (AvgIpc) is 3.22. The third-order valence-electron chi connectivity index (χ3n) is 5.05. The topological polar surface area (TPSA) is 129 Å². The maximum atomic E-state index is 12.6. The van der Waals surface area contributed by atoms with Crippen molar-refractivity contribution in [2.24, 2.45) is 0 Å². The van der Waals surface area contributed by atoms with Gasteiger partial charge in [-0.25, -0.2) is 19.2 Å². The number of hydrogen-bond acceptors (Lipinski definition) is 8. The fourth-order valence-corrected chi connectivity index (χ4v) is 3.52.